The van der Waals surface area contributed by atoms with E-state index in [1.807, 2.05) is 19.1 Å². The zero-order valence-electron chi connectivity index (χ0n) is 9.53. The largest absolute Gasteiger partial charge is 0.383 e. The van der Waals surface area contributed by atoms with Gasteiger partial charge in [-0.05, 0) is 19.1 Å². The van der Waals surface area contributed by atoms with Crippen molar-refractivity contribution in [2.24, 2.45) is 0 Å². The minimum atomic E-state index is 0.0378. The van der Waals surface area contributed by atoms with E-state index >= 15 is 0 Å². The molecule has 0 aromatic carbocycles. The number of rotatable bonds is 6. The maximum atomic E-state index is 12.1. The third-order valence-corrected chi connectivity index (χ3v) is 3.32. The number of ether oxygens (including phenoxy) is 1. The summed E-state index contributed by atoms with van der Waals surface area (Å²) < 4.78 is 4.98. The quantitative estimate of drug-likeness (QED) is 0.736. The molecule has 0 aliphatic carbocycles. The third-order valence-electron chi connectivity index (χ3n) is 2.16. The van der Waals surface area contributed by atoms with Crippen molar-refractivity contribution in [3.63, 3.8) is 0 Å². The number of thiophene rings is 1. The number of nitrogens with zero attached hydrogens (tertiary/aromatic N) is 1. The highest BCUT2D eigenvalue weighted by atomic mass is 35.5. The molecule has 90 valence electrons. The van der Waals surface area contributed by atoms with Crippen molar-refractivity contribution in [2.75, 3.05) is 32.7 Å². The van der Waals surface area contributed by atoms with Gasteiger partial charge in [0.1, 0.15) is 0 Å². The molecule has 0 radical (unpaired) electrons. The van der Waals surface area contributed by atoms with Crippen LogP contribution in [0.25, 0.3) is 0 Å². The highest BCUT2D eigenvalue weighted by Crippen LogP contribution is 2.17. The SMILES string of the molecule is COCCN(CCCl)C(=O)c1ccc(C)s1. The summed E-state index contributed by atoms with van der Waals surface area (Å²) in [6.45, 7) is 3.66. The summed E-state index contributed by atoms with van der Waals surface area (Å²) >= 11 is 7.19. The van der Waals surface area contributed by atoms with Gasteiger partial charge in [-0.3, -0.25) is 4.79 Å². The normalized spacial score (nSPS) is 10.4. The van der Waals surface area contributed by atoms with Gasteiger partial charge in [-0.25, -0.2) is 0 Å². The van der Waals surface area contributed by atoms with E-state index in [0.717, 1.165) is 9.75 Å². The number of alkyl halides is 1. The Kier molecular flexibility index (Phi) is 5.80. The van der Waals surface area contributed by atoms with Crippen LogP contribution in [0.5, 0.6) is 0 Å². The highest BCUT2D eigenvalue weighted by molar-refractivity contribution is 7.13. The Morgan fingerprint density at radius 2 is 2.25 bits per heavy atom. The molecule has 1 heterocycles. The first-order valence-corrected chi connectivity index (χ1v) is 6.44. The smallest absolute Gasteiger partial charge is 0.264 e. The first kappa shape index (κ1) is 13.5. The second kappa shape index (κ2) is 6.89. The van der Waals surface area contributed by atoms with Crippen LogP contribution in [-0.2, 0) is 4.74 Å². The zero-order valence-corrected chi connectivity index (χ0v) is 11.1. The number of aryl methyl sites for hydroxylation is 1. The first-order chi connectivity index (χ1) is 7.69. The Morgan fingerprint density at radius 1 is 1.50 bits per heavy atom. The van der Waals surface area contributed by atoms with Crippen LogP contribution in [0.15, 0.2) is 12.1 Å². The fraction of sp³-hybridized carbons (Fsp3) is 0.545. The summed E-state index contributed by atoms with van der Waals surface area (Å²) in [5.41, 5.74) is 0. The van der Waals surface area contributed by atoms with Crippen LogP contribution < -0.4 is 0 Å². The lowest BCUT2D eigenvalue weighted by molar-refractivity contribution is 0.0712. The average Bonchev–Trinajstić information content (AvgIpc) is 2.70. The van der Waals surface area contributed by atoms with Crippen LogP contribution in [-0.4, -0.2) is 43.5 Å². The Morgan fingerprint density at radius 3 is 2.75 bits per heavy atom. The maximum Gasteiger partial charge on any atom is 0.264 e. The Bertz CT molecular complexity index is 340. The molecule has 0 bridgehead atoms. The molecule has 1 aromatic rings. The summed E-state index contributed by atoms with van der Waals surface area (Å²) in [4.78, 5) is 15.7. The lowest BCUT2D eigenvalue weighted by Gasteiger charge is -2.20. The van der Waals surface area contributed by atoms with Gasteiger partial charge in [0, 0.05) is 31.0 Å². The fourth-order valence-electron chi connectivity index (χ4n) is 1.32. The van der Waals surface area contributed by atoms with Crippen molar-refractivity contribution in [1.29, 1.82) is 0 Å². The molecular weight excluding hydrogens is 246 g/mol. The summed E-state index contributed by atoms with van der Waals surface area (Å²) in [6.07, 6.45) is 0. The van der Waals surface area contributed by atoms with Gasteiger partial charge in [0.05, 0.1) is 11.5 Å². The maximum absolute atomic E-state index is 12.1. The molecule has 1 rings (SSSR count). The minimum Gasteiger partial charge on any atom is -0.383 e. The standard InChI is InChI=1S/C11H16ClNO2S/c1-9-3-4-10(16-9)11(14)13(6-5-12)7-8-15-2/h3-4H,5-8H2,1-2H3. The number of carbonyl (C=O) groups excluding carboxylic acids is 1. The van der Waals surface area contributed by atoms with Crippen molar-refractivity contribution >= 4 is 28.8 Å². The summed E-state index contributed by atoms with van der Waals surface area (Å²) in [7, 11) is 1.62. The number of halogens is 1. The summed E-state index contributed by atoms with van der Waals surface area (Å²) in [6, 6.07) is 3.81. The molecule has 0 atom stereocenters. The fourth-order valence-corrected chi connectivity index (χ4v) is 2.36. The number of carbonyl (C=O) groups is 1. The van der Waals surface area contributed by atoms with Gasteiger partial charge in [-0.2, -0.15) is 0 Å². The van der Waals surface area contributed by atoms with Crippen molar-refractivity contribution in [1.82, 2.24) is 4.90 Å². The van der Waals surface area contributed by atoms with Gasteiger partial charge in [-0.15, -0.1) is 22.9 Å². The molecule has 0 fully saturated rings. The molecule has 16 heavy (non-hydrogen) atoms. The van der Waals surface area contributed by atoms with E-state index in [9.17, 15) is 4.79 Å². The molecule has 0 saturated heterocycles. The van der Waals surface area contributed by atoms with Crippen LogP contribution in [0, 0.1) is 6.92 Å². The second-order valence-electron chi connectivity index (χ2n) is 3.38. The van der Waals surface area contributed by atoms with E-state index in [4.69, 9.17) is 16.3 Å². The molecule has 5 heteroatoms. The Hall–Kier alpha value is -0.580. The van der Waals surface area contributed by atoms with Crippen LogP contribution in [0.4, 0.5) is 0 Å². The van der Waals surface area contributed by atoms with E-state index in [1.165, 1.54) is 11.3 Å². The predicted octanol–water partition coefficient (Wildman–Crippen LogP) is 2.38. The predicted molar refractivity (Wildman–Crippen MR) is 67.6 cm³/mol. The molecule has 0 unspecified atom stereocenters. The van der Waals surface area contributed by atoms with E-state index < -0.39 is 0 Å². The van der Waals surface area contributed by atoms with Gasteiger partial charge in [0.2, 0.25) is 0 Å². The number of amides is 1. The Labute approximate surface area is 105 Å². The van der Waals surface area contributed by atoms with Gasteiger partial charge in [0.15, 0.2) is 0 Å². The van der Waals surface area contributed by atoms with Gasteiger partial charge in [-0.1, -0.05) is 0 Å². The van der Waals surface area contributed by atoms with Crippen LogP contribution in [0.1, 0.15) is 14.5 Å². The van der Waals surface area contributed by atoms with E-state index in [1.54, 1.807) is 12.0 Å². The topological polar surface area (TPSA) is 29.5 Å². The summed E-state index contributed by atoms with van der Waals surface area (Å²) in [5.74, 6) is 0.482. The van der Waals surface area contributed by atoms with Crippen LogP contribution in [0.2, 0.25) is 0 Å². The molecule has 0 N–H and O–H groups in total. The van der Waals surface area contributed by atoms with E-state index in [0.29, 0.717) is 25.6 Å². The van der Waals surface area contributed by atoms with E-state index in [2.05, 4.69) is 0 Å². The Balaban J connectivity index is 2.66. The lowest BCUT2D eigenvalue weighted by atomic mass is 10.3. The minimum absolute atomic E-state index is 0.0378. The molecule has 3 nitrogen and oxygen atoms in total. The first-order valence-electron chi connectivity index (χ1n) is 5.09. The zero-order chi connectivity index (χ0) is 12.0. The molecule has 0 saturated carbocycles. The molecular formula is C11H16ClNO2S. The van der Waals surface area contributed by atoms with Crippen molar-refractivity contribution in [2.45, 2.75) is 6.92 Å². The van der Waals surface area contributed by atoms with Crippen molar-refractivity contribution in [3.8, 4) is 0 Å². The lowest BCUT2D eigenvalue weighted by Crippen LogP contribution is -2.35. The molecule has 1 aromatic heterocycles. The highest BCUT2D eigenvalue weighted by Gasteiger charge is 2.16. The second-order valence-corrected chi connectivity index (χ2v) is 5.05. The van der Waals surface area contributed by atoms with Crippen LogP contribution >= 0.6 is 22.9 Å². The van der Waals surface area contributed by atoms with Gasteiger partial charge in [0.25, 0.3) is 5.91 Å². The number of hydrogen-bond donors (Lipinski definition) is 0. The van der Waals surface area contributed by atoms with Crippen LogP contribution in [0.3, 0.4) is 0 Å². The monoisotopic (exact) mass is 261 g/mol. The molecule has 0 spiro atoms. The van der Waals surface area contributed by atoms with Crippen molar-refractivity contribution < 1.29 is 9.53 Å². The van der Waals surface area contributed by atoms with E-state index in [-0.39, 0.29) is 5.91 Å². The van der Waals surface area contributed by atoms with Crippen molar-refractivity contribution in [3.05, 3.63) is 21.9 Å². The molecule has 0 aliphatic heterocycles. The number of methoxy groups -OCH3 is 1. The molecule has 1 amide bonds. The third kappa shape index (κ3) is 3.77. The summed E-state index contributed by atoms with van der Waals surface area (Å²) in [5, 5.41) is 0. The molecule has 0 aliphatic rings. The number of hydrogen-bond acceptors (Lipinski definition) is 3. The average molecular weight is 262 g/mol. The van der Waals surface area contributed by atoms with Gasteiger partial charge >= 0.3 is 0 Å². The van der Waals surface area contributed by atoms with Gasteiger partial charge < -0.3 is 9.64 Å².